The average Bonchev–Trinajstić information content (AvgIpc) is 2.45. The molecule has 1 fully saturated rings. The number of hydrogen-bond acceptors (Lipinski definition) is 2. The predicted molar refractivity (Wildman–Crippen MR) is 72.1 cm³/mol. The molecule has 18 heavy (non-hydrogen) atoms. The fourth-order valence-electron chi connectivity index (χ4n) is 2.62. The van der Waals surface area contributed by atoms with Gasteiger partial charge in [0.25, 0.3) is 0 Å². The summed E-state index contributed by atoms with van der Waals surface area (Å²) >= 11 is 0. The normalized spacial score (nSPS) is 19.8. The van der Waals surface area contributed by atoms with Gasteiger partial charge in [-0.15, -0.1) is 0 Å². The first-order valence-corrected chi connectivity index (χ1v) is 7.02. The van der Waals surface area contributed by atoms with Crippen LogP contribution in [0.3, 0.4) is 0 Å². The second-order valence-electron chi connectivity index (χ2n) is 4.99. The highest BCUT2D eigenvalue weighted by molar-refractivity contribution is 5.76. The number of unbranched alkanes of at least 4 members (excludes halogenated alkanes) is 1. The molecule has 1 aromatic heterocycles. The van der Waals surface area contributed by atoms with Crippen LogP contribution in [0.4, 0.5) is 0 Å². The van der Waals surface area contributed by atoms with Crippen LogP contribution in [0.5, 0.6) is 0 Å². The second kappa shape index (κ2) is 6.53. The monoisotopic (exact) mass is 246 g/mol. The molecule has 0 aromatic carbocycles. The fourth-order valence-corrected chi connectivity index (χ4v) is 2.62. The lowest BCUT2D eigenvalue weighted by Gasteiger charge is -2.36. The second-order valence-corrected chi connectivity index (χ2v) is 4.99. The van der Waals surface area contributed by atoms with Crippen molar-refractivity contribution < 1.29 is 4.79 Å². The lowest BCUT2D eigenvalue weighted by atomic mass is 9.96. The van der Waals surface area contributed by atoms with Gasteiger partial charge in [0, 0.05) is 25.4 Å². The van der Waals surface area contributed by atoms with Crippen molar-refractivity contribution >= 4 is 5.91 Å². The largest absolute Gasteiger partial charge is 0.336 e. The smallest absolute Gasteiger partial charge is 0.223 e. The van der Waals surface area contributed by atoms with Crippen LogP contribution in [0.2, 0.25) is 0 Å². The SMILES string of the molecule is CCCCC(=O)N1CCCCC1c1cccnc1. The summed E-state index contributed by atoms with van der Waals surface area (Å²) in [5.74, 6) is 0.311. The van der Waals surface area contributed by atoms with Gasteiger partial charge in [-0.25, -0.2) is 0 Å². The van der Waals surface area contributed by atoms with E-state index in [4.69, 9.17) is 0 Å². The lowest BCUT2D eigenvalue weighted by molar-refractivity contribution is -0.135. The Hall–Kier alpha value is -1.38. The van der Waals surface area contributed by atoms with Gasteiger partial charge in [-0.3, -0.25) is 9.78 Å². The van der Waals surface area contributed by atoms with Gasteiger partial charge in [0.1, 0.15) is 0 Å². The van der Waals surface area contributed by atoms with Gasteiger partial charge in [0.2, 0.25) is 5.91 Å². The summed E-state index contributed by atoms with van der Waals surface area (Å²) in [5, 5.41) is 0. The van der Waals surface area contributed by atoms with Gasteiger partial charge >= 0.3 is 0 Å². The highest BCUT2D eigenvalue weighted by Crippen LogP contribution is 2.31. The third-order valence-electron chi connectivity index (χ3n) is 3.64. The third-order valence-corrected chi connectivity index (χ3v) is 3.64. The molecule has 1 aromatic rings. The predicted octanol–water partition coefficient (Wildman–Crippen LogP) is 3.33. The van der Waals surface area contributed by atoms with Crippen molar-refractivity contribution in [2.75, 3.05) is 6.54 Å². The summed E-state index contributed by atoms with van der Waals surface area (Å²) in [6.07, 6.45) is 9.86. The minimum atomic E-state index is 0.247. The van der Waals surface area contributed by atoms with Crippen LogP contribution >= 0.6 is 0 Å². The Morgan fingerprint density at radius 1 is 1.50 bits per heavy atom. The van der Waals surface area contributed by atoms with E-state index in [0.29, 0.717) is 12.3 Å². The zero-order valence-corrected chi connectivity index (χ0v) is 11.1. The molecule has 1 saturated heterocycles. The molecule has 0 radical (unpaired) electrons. The molecule has 0 saturated carbocycles. The van der Waals surface area contributed by atoms with Gasteiger partial charge in [0.15, 0.2) is 0 Å². The first-order valence-electron chi connectivity index (χ1n) is 7.02. The number of nitrogens with zero attached hydrogens (tertiary/aromatic N) is 2. The van der Waals surface area contributed by atoms with E-state index in [1.807, 2.05) is 12.3 Å². The number of aromatic nitrogens is 1. The molecule has 98 valence electrons. The van der Waals surface area contributed by atoms with Gasteiger partial charge < -0.3 is 4.90 Å². The van der Waals surface area contributed by atoms with E-state index in [9.17, 15) is 4.79 Å². The van der Waals surface area contributed by atoms with Crippen LogP contribution in [-0.2, 0) is 4.79 Å². The maximum Gasteiger partial charge on any atom is 0.223 e. The van der Waals surface area contributed by atoms with Crippen molar-refractivity contribution in [2.45, 2.75) is 51.5 Å². The number of amides is 1. The van der Waals surface area contributed by atoms with E-state index in [1.165, 1.54) is 12.0 Å². The molecule has 1 amide bonds. The minimum absolute atomic E-state index is 0.247. The fraction of sp³-hybridized carbons (Fsp3) is 0.600. The van der Waals surface area contributed by atoms with Crippen molar-refractivity contribution in [3.8, 4) is 0 Å². The Morgan fingerprint density at radius 3 is 3.11 bits per heavy atom. The molecular formula is C15H22N2O. The number of rotatable bonds is 4. The number of carbonyl (C=O) groups excluding carboxylic acids is 1. The summed E-state index contributed by atoms with van der Waals surface area (Å²) in [4.78, 5) is 18.5. The van der Waals surface area contributed by atoms with Crippen LogP contribution in [0, 0.1) is 0 Å². The summed E-state index contributed by atoms with van der Waals surface area (Å²) < 4.78 is 0. The molecule has 0 bridgehead atoms. The first kappa shape index (κ1) is 13.1. The highest BCUT2D eigenvalue weighted by atomic mass is 16.2. The minimum Gasteiger partial charge on any atom is -0.336 e. The number of piperidine rings is 1. The Labute approximate surface area is 109 Å². The number of hydrogen-bond donors (Lipinski definition) is 0. The van der Waals surface area contributed by atoms with Gasteiger partial charge in [-0.1, -0.05) is 19.4 Å². The Kier molecular flexibility index (Phi) is 4.73. The molecule has 3 heteroatoms. The summed E-state index contributed by atoms with van der Waals surface area (Å²) in [6, 6.07) is 4.29. The van der Waals surface area contributed by atoms with Gasteiger partial charge in [0.05, 0.1) is 6.04 Å². The highest BCUT2D eigenvalue weighted by Gasteiger charge is 2.27. The summed E-state index contributed by atoms with van der Waals surface area (Å²) in [5.41, 5.74) is 1.18. The lowest BCUT2D eigenvalue weighted by Crippen LogP contribution is -2.38. The van der Waals surface area contributed by atoms with Crippen molar-refractivity contribution in [3.63, 3.8) is 0 Å². The molecule has 1 aliphatic heterocycles. The van der Waals surface area contributed by atoms with Crippen molar-refractivity contribution in [2.24, 2.45) is 0 Å². The quantitative estimate of drug-likeness (QED) is 0.816. The van der Waals surface area contributed by atoms with E-state index in [1.54, 1.807) is 6.20 Å². The topological polar surface area (TPSA) is 33.2 Å². The molecule has 0 aliphatic carbocycles. The van der Waals surface area contributed by atoms with Crippen molar-refractivity contribution in [1.82, 2.24) is 9.88 Å². The molecule has 3 nitrogen and oxygen atoms in total. The molecule has 2 rings (SSSR count). The van der Waals surface area contributed by atoms with Crippen LogP contribution < -0.4 is 0 Å². The first-order chi connectivity index (χ1) is 8.83. The van der Waals surface area contributed by atoms with E-state index in [2.05, 4.69) is 22.9 Å². The van der Waals surface area contributed by atoms with Crippen LogP contribution in [0.1, 0.15) is 57.1 Å². The van der Waals surface area contributed by atoms with Crippen molar-refractivity contribution in [3.05, 3.63) is 30.1 Å². The Morgan fingerprint density at radius 2 is 2.39 bits per heavy atom. The number of pyridine rings is 1. The van der Waals surface area contributed by atoms with Crippen LogP contribution in [0.15, 0.2) is 24.5 Å². The standard InChI is InChI=1S/C15H22N2O/c1-2-3-9-15(18)17-11-5-4-8-14(17)13-7-6-10-16-12-13/h6-7,10,12,14H,2-5,8-9,11H2,1H3. The Balaban J connectivity index is 2.09. The average molecular weight is 246 g/mol. The maximum atomic E-state index is 12.2. The zero-order valence-electron chi connectivity index (χ0n) is 11.1. The molecule has 1 atom stereocenters. The molecule has 1 unspecified atom stereocenters. The van der Waals surface area contributed by atoms with E-state index in [-0.39, 0.29) is 6.04 Å². The maximum absolute atomic E-state index is 12.2. The van der Waals surface area contributed by atoms with E-state index in [0.717, 1.165) is 32.2 Å². The van der Waals surface area contributed by atoms with Gasteiger partial charge in [-0.2, -0.15) is 0 Å². The zero-order chi connectivity index (χ0) is 12.8. The summed E-state index contributed by atoms with van der Waals surface area (Å²) in [6.45, 7) is 3.03. The molecule has 0 N–H and O–H groups in total. The number of likely N-dealkylation sites (tertiary alicyclic amines) is 1. The van der Waals surface area contributed by atoms with Crippen LogP contribution in [-0.4, -0.2) is 22.3 Å². The molecule has 2 heterocycles. The van der Waals surface area contributed by atoms with E-state index >= 15 is 0 Å². The number of carbonyl (C=O) groups is 1. The Bertz CT molecular complexity index is 377. The summed E-state index contributed by atoms with van der Waals surface area (Å²) in [7, 11) is 0. The van der Waals surface area contributed by atoms with Crippen LogP contribution in [0.25, 0.3) is 0 Å². The molecular weight excluding hydrogens is 224 g/mol. The molecule has 1 aliphatic rings. The van der Waals surface area contributed by atoms with E-state index < -0.39 is 0 Å². The van der Waals surface area contributed by atoms with Gasteiger partial charge in [-0.05, 0) is 37.3 Å². The molecule has 0 spiro atoms. The van der Waals surface area contributed by atoms with Crippen molar-refractivity contribution in [1.29, 1.82) is 0 Å². The third kappa shape index (κ3) is 3.09.